The SMILES string of the molecule is CCCCCCN1CCCc2ccc(CC)cc21. The molecular formula is C17H27N. The molecule has 1 aromatic rings. The number of aryl methyl sites for hydroxylation is 2. The first-order chi connectivity index (χ1) is 8.85. The van der Waals surface area contributed by atoms with Crippen molar-refractivity contribution in [2.24, 2.45) is 0 Å². The molecule has 0 saturated carbocycles. The zero-order chi connectivity index (χ0) is 12.8. The maximum atomic E-state index is 2.62. The Hall–Kier alpha value is -0.980. The Morgan fingerprint density at radius 3 is 2.78 bits per heavy atom. The van der Waals surface area contributed by atoms with E-state index in [1.807, 2.05) is 0 Å². The van der Waals surface area contributed by atoms with Gasteiger partial charge in [-0.2, -0.15) is 0 Å². The highest BCUT2D eigenvalue weighted by molar-refractivity contribution is 5.57. The lowest BCUT2D eigenvalue weighted by atomic mass is 9.98. The number of nitrogens with zero attached hydrogens (tertiary/aromatic N) is 1. The van der Waals surface area contributed by atoms with E-state index in [1.54, 1.807) is 5.56 Å². The van der Waals surface area contributed by atoms with Crippen molar-refractivity contribution < 1.29 is 0 Å². The van der Waals surface area contributed by atoms with Crippen LogP contribution >= 0.6 is 0 Å². The summed E-state index contributed by atoms with van der Waals surface area (Å²) < 4.78 is 0. The van der Waals surface area contributed by atoms with E-state index in [-0.39, 0.29) is 0 Å². The van der Waals surface area contributed by atoms with Crippen molar-refractivity contribution in [3.63, 3.8) is 0 Å². The average molecular weight is 245 g/mol. The van der Waals surface area contributed by atoms with Crippen LogP contribution in [0.2, 0.25) is 0 Å². The Bertz CT molecular complexity index is 370. The van der Waals surface area contributed by atoms with Crippen LogP contribution in [0, 0.1) is 0 Å². The molecule has 0 N–H and O–H groups in total. The maximum Gasteiger partial charge on any atom is 0.0401 e. The van der Waals surface area contributed by atoms with Gasteiger partial charge in [-0.15, -0.1) is 0 Å². The fourth-order valence-corrected chi connectivity index (χ4v) is 2.88. The molecular weight excluding hydrogens is 218 g/mol. The number of hydrogen-bond donors (Lipinski definition) is 0. The molecule has 0 radical (unpaired) electrons. The molecule has 1 aromatic carbocycles. The third-order valence-corrected chi connectivity index (χ3v) is 4.05. The number of hydrogen-bond acceptors (Lipinski definition) is 1. The first kappa shape index (κ1) is 13.5. The number of unbranched alkanes of at least 4 members (excludes halogenated alkanes) is 3. The first-order valence-corrected chi connectivity index (χ1v) is 7.72. The molecule has 0 amide bonds. The van der Waals surface area contributed by atoms with Crippen molar-refractivity contribution in [1.29, 1.82) is 0 Å². The molecule has 18 heavy (non-hydrogen) atoms. The summed E-state index contributed by atoms with van der Waals surface area (Å²) >= 11 is 0. The average Bonchev–Trinajstić information content (AvgIpc) is 2.43. The summed E-state index contributed by atoms with van der Waals surface area (Å²) in [6.45, 7) is 7.03. The van der Waals surface area contributed by atoms with Gasteiger partial charge in [0.1, 0.15) is 0 Å². The molecule has 0 aliphatic carbocycles. The monoisotopic (exact) mass is 245 g/mol. The van der Waals surface area contributed by atoms with Gasteiger partial charge in [-0.3, -0.25) is 0 Å². The summed E-state index contributed by atoms with van der Waals surface area (Å²) in [6, 6.07) is 7.08. The van der Waals surface area contributed by atoms with Gasteiger partial charge in [-0.25, -0.2) is 0 Å². The maximum absolute atomic E-state index is 2.62. The van der Waals surface area contributed by atoms with Gasteiger partial charge in [0.2, 0.25) is 0 Å². The van der Waals surface area contributed by atoms with Gasteiger partial charge in [-0.05, 0) is 42.9 Å². The molecule has 1 heterocycles. The largest absolute Gasteiger partial charge is 0.371 e. The van der Waals surface area contributed by atoms with Gasteiger partial charge < -0.3 is 4.90 Å². The van der Waals surface area contributed by atoms with E-state index >= 15 is 0 Å². The lowest BCUT2D eigenvalue weighted by Crippen LogP contribution is -2.30. The summed E-state index contributed by atoms with van der Waals surface area (Å²) in [5.41, 5.74) is 4.57. The van der Waals surface area contributed by atoms with Crippen LogP contribution in [0.3, 0.4) is 0 Å². The summed E-state index contributed by atoms with van der Waals surface area (Å²) in [7, 11) is 0. The highest BCUT2D eigenvalue weighted by Crippen LogP contribution is 2.28. The summed E-state index contributed by atoms with van der Waals surface area (Å²) in [5, 5.41) is 0. The predicted molar refractivity (Wildman–Crippen MR) is 80.5 cm³/mol. The second kappa shape index (κ2) is 6.82. The van der Waals surface area contributed by atoms with Crippen molar-refractivity contribution in [1.82, 2.24) is 0 Å². The molecule has 0 saturated heterocycles. The van der Waals surface area contributed by atoms with Crippen LogP contribution in [0.1, 0.15) is 57.1 Å². The molecule has 100 valence electrons. The van der Waals surface area contributed by atoms with Gasteiger partial charge in [0.05, 0.1) is 0 Å². The van der Waals surface area contributed by atoms with Crippen molar-refractivity contribution in [3.8, 4) is 0 Å². The first-order valence-electron chi connectivity index (χ1n) is 7.72. The van der Waals surface area contributed by atoms with Gasteiger partial charge >= 0.3 is 0 Å². The van der Waals surface area contributed by atoms with Gasteiger partial charge in [-0.1, -0.05) is 45.2 Å². The molecule has 0 atom stereocenters. The van der Waals surface area contributed by atoms with Crippen molar-refractivity contribution >= 4 is 5.69 Å². The van der Waals surface area contributed by atoms with Crippen LogP contribution in [0.4, 0.5) is 5.69 Å². The van der Waals surface area contributed by atoms with E-state index < -0.39 is 0 Å². The predicted octanol–water partition coefficient (Wildman–Crippen LogP) is 4.58. The normalized spacial score (nSPS) is 14.7. The summed E-state index contributed by atoms with van der Waals surface area (Å²) in [4.78, 5) is 2.62. The molecule has 1 nitrogen and oxygen atoms in total. The quantitative estimate of drug-likeness (QED) is 0.663. The molecule has 1 aliphatic heterocycles. The third kappa shape index (κ3) is 3.28. The number of benzene rings is 1. The Morgan fingerprint density at radius 2 is 2.00 bits per heavy atom. The van der Waals surface area contributed by atoms with Crippen molar-refractivity contribution in [3.05, 3.63) is 29.3 Å². The highest BCUT2D eigenvalue weighted by Gasteiger charge is 2.16. The zero-order valence-corrected chi connectivity index (χ0v) is 12.0. The minimum atomic E-state index is 1.15. The Morgan fingerprint density at radius 1 is 1.11 bits per heavy atom. The molecule has 2 rings (SSSR count). The van der Waals surface area contributed by atoms with Crippen molar-refractivity contribution in [2.45, 2.75) is 58.8 Å². The van der Waals surface area contributed by atoms with Crippen molar-refractivity contribution in [2.75, 3.05) is 18.0 Å². The summed E-state index contributed by atoms with van der Waals surface area (Å²) in [5.74, 6) is 0. The molecule has 0 spiro atoms. The lowest BCUT2D eigenvalue weighted by molar-refractivity contribution is 0.619. The molecule has 0 aromatic heterocycles. The Balaban J connectivity index is 2.01. The third-order valence-electron chi connectivity index (χ3n) is 4.05. The highest BCUT2D eigenvalue weighted by atomic mass is 15.1. The molecule has 0 bridgehead atoms. The lowest BCUT2D eigenvalue weighted by Gasteiger charge is -2.32. The molecule has 1 aliphatic rings. The number of rotatable bonds is 6. The smallest absolute Gasteiger partial charge is 0.0401 e. The summed E-state index contributed by atoms with van der Waals surface area (Å²) in [6.07, 6.45) is 9.19. The van der Waals surface area contributed by atoms with Crippen LogP contribution in [0.25, 0.3) is 0 Å². The Kier molecular flexibility index (Phi) is 5.10. The number of fused-ring (bicyclic) bond motifs is 1. The van der Waals surface area contributed by atoms with E-state index in [4.69, 9.17) is 0 Å². The zero-order valence-electron chi connectivity index (χ0n) is 12.0. The minimum absolute atomic E-state index is 1.15. The van der Waals surface area contributed by atoms with Crippen LogP contribution in [0.5, 0.6) is 0 Å². The van der Waals surface area contributed by atoms with E-state index in [9.17, 15) is 0 Å². The van der Waals surface area contributed by atoms with Crippen LogP contribution in [-0.4, -0.2) is 13.1 Å². The molecule has 1 heteroatoms. The van der Waals surface area contributed by atoms with Crippen LogP contribution in [0.15, 0.2) is 18.2 Å². The van der Waals surface area contributed by atoms with Gasteiger partial charge in [0.25, 0.3) is 0 Å². The second-order valence-corrected chi connectivity index (χ2v) is 5.47. The Labute approximate surface area is 112 Å². The molecule has 0 fully saturated rings. The minimum Gasteiger partial charge on any atom is -0.371 e. The number of anilines is 1. The van der Waals surface area contributed by atoms with Gasteiger partial charge in [0.15, 0.2) is 0 Å². The molecule has 0 unspecified atom stereocenters. The van der Waals surface area contributed by atoms with Crippen LogP contribution < -0.4 is 4.90 Å². The standard InChI is InChI=1S/C17H27N/c1-3-5-6-7-12-18-13-8-9-16-11-10-15(4-2)14-17(16)18/h10-11,14H,3-9,12-13H2,1-2H3. The van der Waals surface area contributed by atoms with E-state index in [2.05, 4.69) is 36.9 Å². The fourth-order valence-electron chi connectivity index (χ4n) is 2.88. The van der Waals surface area contributed by atoms with E-state index in [0.717, 1.165) is 6.42 Å². The van der Waals surface area contributed by atoms with E-state index in [0.29, 0.717) is 0 Å². The van der Waals surface area contributed by atoms with Crippen LogP contribution in [-0.2, 0) is 12.8 Å². The van der Waals surface area contributed by atoms with Gasteiger partial charge in [0, 0.05) is 18.8 Å². The topological polar surface area (TPSA) is 3.24 Å². The fraction of sp³-hybridized carbons (Fsp3) is 0.647. The second-order valence-electron chi connectivity index (χ2n) is 5.47. The van der Waals surface area contributed by atoms with E-state index in [1.165, 1.54) is 62.9 Å².